The summed E-state index contributed by atoms with van der Waals surface area (Å²) in [5, 5.41) is 0. The zero-order valence-corrected chi connectivity index (χ0v) is 32.0. The van der Waals surface area contributed by atoms with Gasteiger partial charge in [0.25, 0.3) is 0 Å². The Morgan fingerprint density at radius 1 is 0.328 bits per heavy atom. The van der Waals surface area contributed by atoms with Crippen LogP contribution in [0.4, 0.5) is 0 Å². The van der Waals surface area contributed by atoms with Crippen LogP contribution in [0.1, 0.15) is 45.0 Å². The number of hydrogen-bond acceptors (Lipinski definition) is 2. The van der Waals surface area contributed by atoms with Crippen molar-refractivity contribution in [3.8, 4) is 44.5 Å². The van der Waals surface area contributed by atoms with E-state index in [1.165, 1.54) is 27.8 Å². The van der Waals surface area contributed by atoms with E-state index in [0.717, 1.165) is 109 Å². The van der Waals surface area contributed by atoms with Gasteiger partial charge in [-0.25, -0.2) is 9.97 Å². The molecular formula is C54H40N4. The second-order valence-corrected chi connectivity index (χ2v) is 15.4. The van der Waals surface area contributed by atoms with E-state index in [2.05, 4.69) is 192 Å². The monoisotopic (exact) mass is 744 g/mol. The van der Waals surface area contributed by atoms with E-state index in [9.17, 15) is 0 Å². The highest BCUT2D eigenvalue weighted by atomic mass is 14.8. The quantitative estimate of drug-likeness (QED) is 0.188. The van der Waals surface area contributed by atoms with Crippen LogP contribution in [0.2, 0.25) is 0 Å². The van der Waals surface area contributed by atoms with E-state index in [1.807, 2.05) is 0 Å². The van der Waals surface area contributed by atoms with Crippen LogP contribution in [0, 0.1) is 0 Å². The van der Waals surface area contributed by atoms with E-state index in [4.69, 9.17) is 9.97 Å². The van der Waals surface area contributed by atoms with Gasteiger partial charge in [-0.2, -0.15) is 0 Å². The summed E-state index contributed by atoms with van der Waals surface area (Å²) >= 11 is 0. The molecule has 12 rings (SSSR count). The summed E-state index contributed by atoms with van der Waals surface area (Å²) in [6, 6.07) is 57.0. The van der Waals surface area contributed by atoms with Crippen molar-refractivity contribution in [3.63, 3.8) is 0 Å². The molecule has 0 saturated heterocycles. The third-order valence-corrected chi connectivity index (χ3v) is 11.8. The minimum absolute atomic E-state index is 0.910. The van der Waals surface area contributed by atoms with Gasteiger partial charge in [0.15, 0.2) is 0 Å². The fourth-order valence-electron chi connectivity index (χ4n) is 8.91. The number of hydrogen-bond donors (Lipinski definition) is 2. The summed E-state index contributed by atoms with van der Waals surface area (Å²) in [5.74, 6) is 0. The topological polar surface area (TPSA) is 57.4 Å². The first-order valence-corrected chi connectivity index (χ1v) is 20.2. The largest absolute Gasteiger partial charge is 0.354 e. The molecule has 0 saturated carbocycles. The van der Waals surface area contributed by atoms with Crippen LogP contribution in [-0.2, 0) is 25.7 Å². The van der Waals surface area contributed by atoms with Crippen molar-refractivity contribution in [2.75, 3.05) is 0 Å². The first-order valence-electron chi connectivity index (χ1n) is 20.2. The molecule has 4 nitrogen and oxygen atoms in total. The minimum Gasteiger partial charge on any atom is -0.354 e. The van der Waals surface area contributed by atoms with Gasteiger partial charge in [-0.3, -0.25) is 0 Å². The summed E-state index contributed by atoms with van der Waals surface area (Å²) in [6.07, 6.45) is 12.7. The molecule has 5 aromatic carbocycles. The third kappa shape index (κ3) is 6.20. The number of fused-ring (bicyclic) bond motifs is 12. The maximum Gasteiger partial charge on any atom is 0.0737 e. The first-order chi connectivity index (χ1) is 28.7. The van der Waals surface area contributed by atoms with Crippen LogP contribution in [0.5, 0.6) is 0 Å². The Morgan fingerprint density at radius 3 is 1.14 bits per heavy atom. The van der Waals surface area contributed by atoms with Crippen LogP contribution >= 0.6 is 0 Å². The Morgan fingerprint density at radius 2 is 0.690 bits per heavy atom. The van der Waals surface area contributed by atoms with Crippen LogP contribution < -0.4 is 0 Å². The lowest BCUT2D eigenvalue weighted by Gasteiger charge is -2.13. The first kappa shape index (κ1) is 34.0. The summed E-state index contributed by atoms with van der Waals surface area (Å²) in [7, 11) is 0. The average Bonchev–Trinajstić information content (AvgIpc) is 4.12. The van der Waals surface area contributed by atoms with Gasteiger partial charge in [0.1, 0.15) is 0 Å². The lowest BCUT2D eigenvalue weighted by molar-refractivity contribution is 0.951. The Hall–Kier alpha value is -7.30. The van der Waals surface area contributed by atoms with Crippen LogP contribution in [0.15, 0.2) is 158 Å². The smallest absolute Gasteiger partial charge is 0.0737 e. The highest BCUT2D eigenvalue weighted by Gasteiger charge is 2.20. The summed E-state index contributed by atoms with van der Waals surface area (Å²) < 4.78 is 0. The highest BCUT2D eigenvalue weighted by Crippen LogP contribution is 2.39. The van der Waals surface area contributed by atoms with Crippen molar-refractivity contribution in [2.24, 2.45) is 0 Å². The van der Waals surface area contributed by atoms with E-state index >= 15 is 0 Å². The van der Waals surface area contributed by atoms with Crippen molar-refractivity contribution in [1.29, 1.82) is 0 Å². The molecule has 0 unspecified atom stereocenters. The number of aromatic amines is 2. The molecule has 2 N–H and O–H groups in total. The van der Waals surface area contributed by atoms with Crippen LogP contribution in [-0.4, -0.2) is 19.9 Å². The number of aromatic nitrogens is 4. The maximum atomic E-state index is 5.56. The lowest BCUT2D eigenvalue weighted by Crippen LogP contribution is -1.98. The van der Waals surface area contributed by atoms with Gasteiger partial charge in [0, 0.05) is 44.3 Å². The molecule has 4 heteroatoms. The molecule has 276 valence electrons. The van der Waals surface area contributed by atoms with Crippen molar-refractivity contribution in [1.82, 2.24) is 19.9 Å². The van der Waals surface area contributed by atoms with Gasteiger partial charge < -0.3 is 9.97 Å². The van der Waals surface area contributed by atoms with E-state index in [-0.39, 0.29) is 0 Å². The molecule has 5 heterocycles. The maximum absolute atomic E-state index is 5.56. The Balaban J connectivity index is 1.26. The van der Waals surface area contributed by atoms with Crippen molar-refractivity contribution in [3.05, 3.63) is 203 Å². The predicted octanol–water partition coefficient (Wildman–Crippen LogP) is 13.2. The molecule has 2 aliphatic carbocycles. The molecule has 0 fully saturated rings. The average molecular weight is 745 g/mol. The normalized spacial score (nSPS) is 13.1. The van der Waals surface area contributed by atoms with Gasteiger partial charge in [-0.15, -0.1) is 0 Å². The molecular weight excluding hydrogens is 705 g/mol. The van der Waals surface area contributed by atoms with Crippen LogP contribution in [0.25, 0.3) is 90.9 Å². The fraction of sp³-hybridized carbons (Fsp3) is 0.0741. The van der Waals surface area contributed by atoms with Gasteiger partial charge >= 0.3 is 0 Å². The zero-order valence-electron chi connectivity index (χ0n) is 32.0. The molecule has 0 radical (unpaired) electrons. The molecule has 2 aliphatic heterocycles. The summed E-state index contributed by atoms with van der Waals surface area (Å²) in [4.78, 5) is 18.8. The van der Waals surface area contributed by atoms with Crippen LogP contribution in [0.3, 0.4) is 0 Å². The molecule has 3 aromatic heterocycles. The molecule has 4 aliphatic rings. The number of nitrogens with zero attached hydrogens (tertiary/aromatic N) is 2. The molecule has 0 spiro atoms. The zero-order chi connectivity index (χ0) is 38.4. The van der Waals surface area contributed by atoms with Crippen molar-refractivity contribution >= 4 is 46.4 Å². The minimum atomic E-state index is 0.910. The van der Waals surface area contributed by atoms with Gasteiger partial charge in [0.2, 0.25) is 0 Å². The Labute approximate surface area is 338 Å². The van der Waals surface area contributed by atoms with E-state index < -0.39 is 0 Å². The fourth-order valence-corrected chi connectivity index (χ4v) is 8.91. The Kier molecular flexibility index (Phi) is 8.40. The standard InChI is InChI=1S/C54H40N4/c1-4-10-38(11-5-1)51-43-26-28-45(55-43)52(39-12-6-2-7-13-39)47-30-32-49(57-47)54(42-25-23-37-21-20-35-16-18-36(19-17-35)22-24-41(42)34-37)50-33-31-48(58-50)53(40-14-8-3-9-15-40)46-29-27-44(51)56-46/h1-19,23,25-34,55,58H,20-22,24H2. The highest BCUT2D eigenvalue weighted by molar-refractivity contribution is 6.00. The molecule has 58 heavy (non-hydrogen) atoms. The van der Waals surface area contributed by atoms with E-state index in [1.54, 1.807) is 0 Å². The number of aryl methyl sites for hydroxylation is 4. The Bertz CT molecular complexity index is 3040. The van der Waals surface area contributed by atoms with Gasteiger partial charge in [-0.05, 0) is 119 Å². The predicted molar refractivity (Wildman–Crippen MR) is 242 cm³/mol. The summed E-state index contributed by atoms with van der Waals surface area (Å²) in [5.41, 5.74) is 21.9. The molecule has 8 aromatic rings. The van der Waals surface area contributed by atoms with Crippen molar-refractivity contribution < 1.29 is 0 Å². The number of H-pyrrole nitrogens is 2. The second-order valence-electron chi connectivity index (χ2n) is 15.4. The van der Waals surface area contributed by atoms with Crippen molar-refractivity contribution in [2.45, 2.75) is 25.7 Å². The number of nitrogens with one attached hydrogen (secondary N) is 2. The van der Waals surface area contributed by atoms with E-state index in [0.29, 0.717) is 0 Å². The van der Waals surface area contributed by atoms with Gasteiger partial charge in [0.05, 0.1) is 22.8 Å². The molecule has 0 atom stereocenters. The van der Waals surface area contributed by atoms with Gasteiger partial charge in [-0.1, -0.05) is 133 Å². The molecule has 12 bridgehead atoms. The molecule has 0 amide bonds. The number of rotatable bonds is 4. The second kappa shape index (κ2) is 14.3. The SMILES string of the molecule is C1=Cc2nc1c(-c1ccccc1)c1ccc([nH]1)c(-c1ccccc1)c1nc(c(-c3ccc4cc3CCc3ccc(cc3)CC4)c3ccc([nH]3)c2-c2ccccc2)C=C1. The summed E-state index contributed by atoms with van der Waals surface area (Å²) in [6.45, 7) is 0. The lowest BCUT2D eigenvalue weighted by atomic mass is 9.92. The third-order valence-electron chi connectivity index (χ3n) is 11.8. The number of benzene rings is 5.